The Hall–Kier alpha value is -3.40. The average Bonchev–Trinajstić information content (AvgIpc) is 3.12. The van der Waals surface area contributed by atoms with E-state index in [4.69, 9.17) is 14.2 Å². The number of ether oxygens (including phenoxy) is 3. The molecule has 1 fully saturated rings. The number of aromatic nitrogens is 2. The van der Waals surface area contributed by atoms with E-state index < -0.39 is 5.60 Å². The lowest BCUT2D eigenvalue weighted by molar-refractivity contribution is -0.138. The number of rotatable bonds is 11. The third-order valence-corrected chi connectivity index (χ3v) is 6.82. The Bertz CT molecular complexity index is 1230. The number of hydrogen-bond acceptors (Lipinski definition) is 7. The molecule has 0 aliphatic carbocycles. The van der Waals surface area contributed by atoms with Crippen LogP contribution < -0.4 is 9.47 Å². The van der Waals surface area contributed by atoms with Crippen molar-refractivity contribution in [2.75, 3.05) is 53.1 Å². The standard InChI is InChI=1S/C30H40N4O5/c1-23-8-10-27(11-9-23)39-22-30(36)20-32(12-13-33(21-30)29(35)19-37-4)18-26-6-5-7-28(17-26)38-15-14-34-25(3)16-24(2)31-34/h5-11,16-17,36H,12-15,18-22H2,1-4H3/t30-/m0/s1. The van der Waals surface area contributed by atoms with Crippen LogP contribution in [-0.2, 0) is 22.6 Å². The number of carbonyl (C=O) groups is 1. The Kier molecular flexibility index (Phi) is 9.61. The molecule has 4 rings (SSSR count). The zero-order chi connectivity index (χ0) is 27.8. The van der Waals surface area contributed by atoms with Gasteiger partial charge >= 0.3 is 0 Å². The number of aliphatic hydroxyl groups is 1. The molecule has 9 nitrogen and oxygen atoms in total. The zero-order valence-corrected chi connectivity index (χ0v) is 23.4. The van der Waals surface area contributed by atoms with Gasteiger partial charge in [-0.25, -0.2) is 0 Å². The van der Waals surface area contributed by atoms with Crippen LogP contribution in [-0.4, -0.2) is 89.3 Å². The number of methoxy groups -OCH3 is 1. The summed E-state index contributed by atoms with van der Waals surface area (Å²) in [6.07, 6.45) is 0. The second-order valence-electron chi connectivity index (χ2n) is 10.4. The van der Waals surface area contributed by atoms with Crippen LogP contribution >= 0.6 is 0 Å². The lowest BCUT2D eigenvalue weighted by atomic mass is 10.0. The molecule has 2 heterocycles. The number of carbonyl (C=O) groups excluding carboxylic acids is 1. The maximum Gasteiger partial charge on any atom is 0.248 e. The van der Waals surface area contributed by atoms with E-state index in [-0.39, 0.29) is 25.7 Å². The highest BCUT2D eigenvalue weighted by Gasteiger charge is 2.37. The van der Waals surface area contributed by atoms with Gasteiger partial charge in [-0.2, -0.15) is 5.10 Å². The smallest absolute Gasteiger partial charge is 0.248 e. The number of β-amino-alcohol motifs (C(OH)–C–C–N with tert-alkyl or cyclic N) is 1. The van der Waals surface area contributed by atoms with Crippen molar-refractivity contribution in [3.8, 4) is 11.5 Å². The number of hydrogen-bond donors (Lipinski definition) is 1. The van der Waals surface area contributed by atoms with E-state index in [1.165, 1.54) is 7.11 Å². The topological polar surface area (TPSA) is 89.3 Å². The zero-order valence-electron chi connectivity index (χ0n) is 23.4. The average molecular weight is 537 g/mol. The molecule has 0 bridgehead atoms. The quantitative estimate of drug-likeness (QED) is 0.403. The predicted octanol–water partition coefficient (Wildman–Crippen LogP) is 2.99. The molecule has 210 valence electrons. The van der Waals surface area contributed by atoms with Gasteiger partial charge in [0.1, 0.15) is 36.9 Å². The first-order valence-electron chi connectivity index (χ1n) is 13.4. The third kappa shape index (κ3) is 8.29. The largest absolute Gasteiger partial charge is 0.492 e. The van der Waals surface area contributed by atoms with Gasteiger partial charge in [0.2, 0.25) is 5.91 Å². The van der Waals surface area contributed by atoms with Crippen molar-refractivity contribution in [2.24, 2.45) is 0 Å². The first kappa shape index (κ1) is 28.6. The summed E-state index contributed by atoms with van der Waals surface area (Å²) in [5.41, 5.74) is 3.06. The van der Waals surface area contributed by atoms with Crippen molar-refractivity contribution in [1.82, 2.24) is 19.6 Å². The lowest BCUT2D eigenvalue weighted by Gasteiger charge is -2.33. The van der Waals surface area contributed by atoms with E-state index >= 15 is 0 Å². The van der Waals surface area contributed by atoms with Gasteiger partial charge in [-0.1, -0.05) is 29.8 Å². The molecule has 39 heavy (non-hydrogen) atoms. The van der Waals surface area contributed by atoms with Crippen LogP contribution in [0.5, 0.6) is 11.5 Å². The molecular formula is C30H40N4O5. The van der Waals surface area contributed by atoms with E-state index in [0.29, 0.717) is 45.1 Å². The fraction of sp³-hybridized carbons (Fsp3) is 0.467. The normalized spacial score (nSPS) is 18.1. The van der Waals surface area contributed by atoms with Gasteiger partial charge in [0, 0.05) is 39.0 Å². The molecule has 1 aromatic heterocycles. The van der Waals surface area contributed by atoms with Gasteiger partial charge in [0.25, 0.3) is 0 Å². The second-order valence-corrected chi connectivity index (χ2v) is 10.4. The molecule has 1 saturated heterocycles. The Morgan fingerprint density at radius 3 is 2.51 bits per heavy atom. The van der Waals surface area contributed by atoms with Crippen LogP contribution in [0.2, 0.25) is 0 Å². The predicted molar refractivity (Wildman–Crippen MR) is 149 cm³/mol. The number of aryl methyl sites for hydroxylation is 3. The van der Waals surface area contributed by atoms with Crippen LogP contribution in [0.15, 0.2) is 54.6 Å². The minimum Gasteiger partial charge on any atom is -0.492 e. The molecular weight excluding hydrogens is 496 g/mol. The van der Waals surface area contributed by atoms with Crippen molar-refractivity contribution in [3.63, 3.8) is 0 Å². The van der Waals surface area contributed by atoms with Gasteiger partial charge in [0.05, 0.1) is 18.8 Å². The molecule has 2 aromatic carbocycles. The fourth-order valence-corrected chi connectivity index (χ4v) is 4.89. The van der Waals surface area contributed by atoms with Crippen LogP contribution in [0, 0.1) is 20.8 Å². The molecule has 0 saturated carbocycles. The van der Waals surface area contributed by atoms with Crippen molar-refractivity contribution in [3.05, 3.63) is 77.1 Å². The van der Waals surface area contributed by atoms with Crippen LogP contribution in [0.1, 0.15) is 22.5 Å². The molecule has 3 aromatic rings. The van der Waals surface area contributed by atoms with E-state index in [1.807, 2.05) is 67.9 Å². The van der Waals surface area contributed by atoms with E-state index in [9.17, 15) is 9.90 Å². The summed E-state index contributed by atoms with van der Waals surface area (Å²) in [6.45, 7) is 9.53. The van der Waals surface area contributed by atoms with Crippen molar-refractivity contribution >= 4 is 5.91 Å². The molecule has 1 N–H and O–H groups in total. The fourth-order valence-electron chi connectivity index (χ4n) is 4.89. The highest BCUT2D eigenvalue weighted by atomic mass is 16.5. The highest BCUT2D eigenvalue weighted by molar-refractivity contribution is 5.77. The number of nitrogens with zero attached hydrogens (tertiary/aromatic N) is 4. The number of benzene rings is 2. The molecule has 0 radical (unpaired) electrons. The Morgan fingerprint density at radius 1 is 1.00 bits per heavy atom. The van der Waals surface area contributed by atoms with E-state index in [0.717, 1.165) is 28.3 Å². The van der Waals surface area contributed by atoms with Gasteiger partial charge in [-0.3, -0.25) is 14.4 Å². The molecule has 0 spiro atoms. The van der Waals surface area contributed by atoms with Gasteiger partial charge in [0.15, 0.2) is 0 Å². The Balaban J connectivity index is 1.41. The molecule has 0 unspecified atom stereocenters. The summed E-state index contributed by atoms with van der Waals surface area (Å²) in [4.78, 5) is 16.5. The van der Waals surface area contributed by atoms with Gasteiger partial charge in [-0.15, -0.1) is 0 Å². The summed E-state index contributed by atoms with van der Waals surface area (Å²) in [6, 6.07) is 17.8. The minimum atomic E-state index is -1.25. The lowest BCUT2D eigenvalue weighted by Crippen LogP contribution is -2.52. The van der Waals surface area contributed by atoms with Crippen molar-refractivity contribution < 1.29 is 24.1 Å². The van der Waals surface area contributed by atoms with Gasteiger partial charge in [-0.05, 0) is 56.7 Å². The number of amides is 1. The van der Waals surface area contributed by atoms with Crippen LogP contribution in [0.3, 0.4) is 0 Å². The Morgan fingerprint density at radius 2 is 1.79 bits per heavy atom. The highest BCUT2D eigenvalue weighted by Crippen LogP contribution is 2.22. The second kappa shape index (κ2) is 13.1. The van der Waals surface area contributed by atoms with E-state index in [2.05, 4.69) is 22.1 Å². The van der Waals surface area contributed by atoms with E-state index in [1.54, 1.807) is 4.90 Å². The summed E-state index contributed by atoms with van der Waals surface area (Å²) >= 11 is 0. The monoisotopic (exact) mass is 536 g/mol. The van der Waals surface area contributed by atoms with Crippen LogP contribution in [0.4, 0.5) is 0 Å². The Labute approximate surface area is 230 Å². The van der Waals surface area contributed by atoms with Gasteiger partial charge < -0.3 is 24.2 Å². The maximum atomic E-state index is 12.7. The van der Waals surface area contributed by atoms with Crippen LogP contribution in [0.25, 0.3) is 0 Å². The minimum absolute atomic E-state index is 0.0219. The SMILES string of the molecule is COCC(=O)N1CCN(Cc2cccc(OCCn3nc(C)cc3C)c2)C[C@@](O)(COc2ccc(C)cc2)C1. The molecule has 1 aliphatic heterocycles. The first-order chi connectivity index (χ1) is 18.7. The summed E-state index contributed by atoms with van der Waals surface area (Å²) in [5, 5.41) is 16.2. The maximum absolute atomic E-state index is 12.7. The summed E-state index contributed by atoms with van der Waals surface area (Å²) < 4.78 is 19.0. The molecule has 1 aliphatic rings. The van der Waals surface area contributed by atoms with Crippen molar-refractivity contribution in [1.29, 1.82) is 0 Å². The summed E-state index contributed by atoms with van der Waals surface area (Å²) in [7, 11) is 1.50. The summed E-state index contributed by atoms with van der Waals surface area (Å²) in [5.74, 6) is 1.33. The molecule has 1 atom stereocenters. The molecule has 9 heteroatoms. The third-order valence-electron chi connectivity index (χ3n) is 6.82. The molecule has 1 amide bonds. The van der Waals surface area contributed by atoms with Crippen molar-refractivity contribution in [2.45, 2.75) is 39.5 Å². The first-order valence-corrected chi connectivity index (χ1v) is 13.4.